The standard InChI is InChI=1S/C28H20F2O4/c1-3-25(31)33-23-17-10-19(11-18-23)9-12-21-15-16-22(28(30)27(21)29)14-13-20-7-5-6-8-24(20)34-26(32)4-2/h3-18H,1-2H2/b12-9+,14-13+. The van der Waals surface area contributed by atoms with Gasteiger partial charge in [0, 0.05) is 28.8 Å². The van der Waals surface area contributed by atoms with Gasteiger partial charge in [-0.1, -0.05) is 79.9 Å². The van der Waals surface area contributed by atoms with Gasteiger partial charge in [-0.2, -0.15) is 0 Å². The number of hydrogen-bond acceptors (Lipinski definition) is 4. The predicted octanol–water partition coefficient (Wildman–Crippen LogP) is 6.49. The summed E-state index contributed by atoms with van der Waals surface area (Å²) in [5, 5.41) is 0. The Hall–Kier alpha value is -4.58. The molecule has 0 spiro atoms. The van der Waals surface area contributed by atoms with Gasteiger partial charge in [-0.25, -0.2) is 18.4 Å². The molecule has 0 saturated carbocycles. The van der Waals surface area contributed by atoms with Crippen molar-refractivity contribution in [1.82, 2.24) is 0 Å². The summed E-state index contributed by atoms with van der Waals surface area (Å²) in [5.41, 5.74) is 1.32. The Bertz CT molecular complexity index is 1290. The van der Waals surface area contributed by atoms with Crippen LogP contribution < -0.4 is 9.47 Å². The van der Waals surface area contributed by atoms with E-state index >= 15 is 0 Å². The highest BCUT2D eigenvalue weighted by Crippen LogP contribution is 2.24. The zero-order valence-electron chi connectivity index (χ0n) is 18.0. The monoisotopic (exact) mass is 458 g/mol. The van der Waals surface area contributed by atoms with Crippen LogP contribution >= 0.6 is 0 Å². The Morgan fingerprint density at radius 2 is 1.18 bits per heavy atom. The smallest absolute Gasteiger partial charge is 0.335 e. The molecule has 4 nitrogen and oxygen atoms in total. The van der Waals surface area contributed by atoms with Crippen molar-refractivity contribution in [3.05, 3.63) is 120 Å². The first kappa shape index (κ1) is 24.1. The molecule has 0 unspecified atom stereocenters. The summed E-state index contributed by atoms with van der Waals surface area (Å²) in [5.74, 6) is -2.59. The third-order valence-electron chi connectivity index (χ3n) is 4.60. The molecule has 3 rings (SSSR count). The van der Waals surface area contributed by atoms with Crippen molar-refractivity contribution >= 4 is 36.2 Å². The lowest BCUT2D eigenvalue weighted by atomic mass is 10.1. The van der Waals surface area contributed by atoms with E-state index in [-0.39, 0.29) is 16.9 Å². The molecule has 34 heavy (non-hydrogen) atoms. The van der Waals surface area contributed by atoms with Crippen LogP contribution in [0.5, 0.6) is 11.5 Å². The van der Waals surface area contributed by atoms with Crippen LogP contribution in [-0.2, 0) is 9.59 Å². The Labute approximate surface area is 195 Å². The fraction of sp³-hybridized carbons (Fsp3) is 0. The van der Waals surface area contributed by atoms with Crippen LogP contribution in [0.2, 0.25) is 0 Å². The zero-order chi connectivity index (χ0) is 24.5. The number of para-hydroxylation sites is 1. The molecule has 0 heterocycles. The fourth-order valence-electron chi connectivity index (χ4n) is 2.87. The van der Waals surface area contributed by atoms with E-state index in [1.807, 2.05) is 0 Å². The summed E-state index contributed by atoms with van der Waals surface area (Å²) < 4.78 is 39.4. The molecule has 6 heteroatoms. The van der Waals surface area contributed by atoms with E-state index in [4.69, 9.17) is 9.47 Å². The number of hydrogen-bond donors (Lipinski definition) is 0. The Balaban J connectivity index is 1.77. The molecule has 0 saturated heterocycles. The van der Waals surface area contributed by atoms with Gasteiger partial charge in [0.1, 0.15) is 11.5 Å². The van der Waals surface area contributed by atoms with Crippen molar-refractivity contribution in [2.24, 2.45) is 0 Å². The van der Waals surface area contributed by atoms with E-state index in [2.05, 4.69) is 13.2 Å². The first-order valence-electron chi connectivity index (χ1n) is 10.1. The molecule has 0 aliphatic carbocycles. The minimum absolute atomic E-state index is 0.0351. The molecule has 3 aromatic carbocycles. The largest absolute Gasteiger partial charge is 0.423 e. The van der Waals surface area contributed by atoms with Crippen molar-refractivity contribution in [3.8, 4) is 11.5 Å². The number of benzene rings is 3. The maximum Gasteiger partial charge on any atom is 0.335 e. The second-order valence-corrected chi connectivity index (χ2v) is 6.90. The summed E-state index contributed by atoms with van der Waals surface area (Å²) in [7, 11) is 0. The number of carbonyl (C=O) groups excluding carboxylic acids is 2. The van der Waals surface area contributed by atoms with E-state index in [1.54, 1.807) is 54.6 Å². The average Bonchev–Trinajstić information content (AvgIpc) is 2.85. The molecule has 0 radical (unpaired) electrons. The van der Waals surface area contributed by atoms with Gasteiger partial charge in [0.2, 0.25) is 0 Å². The summed E-state index contributed by atoms with van der Waals surface area (Å²) >= 11 is 0. The third-order valence-corrected chi connectivity index (χ3v) is 4.60. The van der Waals surface area contributed by atoms with Crippen LogP contribution in [0.15, 0.2) is 86.0 Å². The van der Waals surface area contributed by atoms with Crippen LogP contribution in [0, 0.1) is 11.6 Å². The maximum absolute atomic E-state index is 14.6. The van der Waals surface area contributed by atoms with Crippen LogP contribution in [0.1, 0.15) is 22.3 Å². The minimum Gasteiger partial charge on any atom is -0.423 e. The van der Waals surface area contributed by atoms with Crippen LogP contribution in [0.4, 0.5) is 8.78 Å². The Kier molecular flexibility index (Phi) is 8.02. The number of halogens is 2. The number of ether oxygens (including phenoxy) is 2. The Morgan fingerprint density at radius 1 is 0.647 bits per heavy atom. The first-order valence-corrected chi connectivity index (χ1v) is 10.1. The van der Waals surface area contributed by atoms with Crippen molar-refractivity contribution in [3.63, 3.8) is 0 Å². The number of carbonyl (C=O) groups is 2. The van der Waals surface area contributed by atoms with Crippen LogP contribution in [0.3, 0.4) is 0 Å². The highest BCUT2D eigenvalue weighted by molar-refractivity contribution is 5.85. The summed E-state index contributed by atoms with van der Waals surface area (Å²) in [6.45, 7) is 6.68. The van der Waals surface area contributed by atoms with E-state index in [1.165, 1.54) is 30.4 Å². The van der Waals surface area contributed by atoms with Crippen LogP contribution in [-0.4, -0.2) is 11.9 Å². The Morgan fingerprint density at radius 3 is 1.79 bits per heavy atom. The van der Waals surface area contributed by atoms with E-state index in [9.17, 15) is 18.4 Å². The molecule has 0 bridgehead atoms. The molecule has 0 aliphatic rings. The maximum atomic E-state index is 14.6. The van der Waals surface area contributed by atoms with Gasteiger partial charge in [0.05, 0.1) is 0 Å². The van der Waals surface area contributed by atoms with E-state index < -0.39 is 23.6 Å². The normalized spacial score (nSPS) is 10.9. The fourth-order valence-corrected chi connectivity index (χ4v) is 2.87. The predicted molar refractivity (Wildman–Crippen MR) is 129 cm³/mol. The molecule has 170 valence electrons. The van der Waals surface area contributed by atoms with Crippen LogP contribution in [0.25, 0.3) is 24.3 Å². The van der Waals surface area contributed by atoms with Crippen molar-refractivity contribution in [1.29, 1.82) is 0 Å². The van der Waals surface area contributed by atoms with Gasteiger partial charge in [0.15, 0.2) is 11.6 Å². The SMILES string of the molecule is C=CC(=O)Oc1ccc(/C=C/c2ccc(/C=C/c3ccccc3OC(=O)C=C)c(F)c2F)cc1. The van der Waals surface area contributed by atoms with Gasteiger partial charge in [-0.15, -0.1) is 0 Å². The lowest BCUT2D eigenvalue weighted by molar-refractivity contribution is -0.129. The highest BCUT2D eigenvalue weighted by Gasteiger charge is 2.11. The number of rotatable bonds is 8. The molecule has 0 aliphatic heterocycles. The summed E-state index contributed by atoms with van der Waals surface area (Å²) in [4.78, 5) is 22.7. The molecule has 0 fully saturated rings. The van der Waals surface area contributed by atoms with Crippen molar-refractivity contribution in [2.45, 2.75) is 0 Å². The van der Waals surface area contributed by atoms with Crippen molar-refractivity contribution < 1.29 is 27.8 Å². The van der Waals surface area contributed by atoms with Gasteiger partial charge < -0.3 is 9.47 Å². The molecular formula is C28H20F2O4. The summed E-state index contributed by atoms with van der Waals surface area (Å²) in [6, 6.07) is 16.1. The number of esters is 2. The summed E-state index contributed by atoms with van der Waals surface area (Å²) in [6.07, 6.45) is 8.07. The topological polar surface area (TPSA) is 52.6 Å². The lowest BCUT2D eigenvalue weighted by Gasteiger charge is -2.06. The van der Waals surface area contributed by atoms with Gasteiger partial charge >= 0.3 is 11.9 Å². The lowest BCUT2D eigenvalue weighted by Crippen LogP contribution is -2.04. The van der Waals surface area contributed by atoms with Crippen molar-refractivity contribution in [2.75, 3.05) is 0 Å². The van der Waals surface area contributed by atoms with Gasteiger partial charge in [0.25, 0.3) is 0 Å². The van der Waals surface area contributed by atoms with E-state index in [0.29, 0.717) is 16.9 Å². The minimum atomic E-state index is -1.01. The highest BCUT2D eigenvalue weighted by atomic mass is 19.2. The van der Waals surface area contributed by atoms with E-state index in [0.717, 1.165) is 12.2 Å². The molecular weight excluding hydrogens is 438 g/mol. The van der Waals surface area contributed by atoms with Gasteiger partial charge in [-0.05, 0) is 23.8 Å². The molecule has 0 aromatic heterocycles. The quantitative estimate of drug-likeness (QED) is 0.168. The molecule has 0 atom stereocenters. The first-order chi connectivity index (χ1) is 16.4. The molecule has 0 N–H and O–H groups in total. The zero-order valence-corrected chi connectivity index (χ0v) is 18.0. The average molecular weight is 458 g/mol. The molecule has 3 aromatic rings. The van der Waals surface area contributed by atoms with Gasteiger partial charge in [-0.3, -0.25) is 0 Å². The second kappa shape index (κ2) is 11.3. The second-order valence-electron chi connectivity index (χ2n) is 6.90. The molecule has 0 amide bonds. The third kappa shape index (κ3) is 6.23.